The summed E-state index contributed by atoms with van der Waals surface area (Å²) in [5, 5.41) is 4.08. The zero-order valence-corrected chi connectivity index (χ0v) is 9.67. The van der Waals surface area contributed by atoms with E-state index in [-0.39, 0.29) is 5.82 Å². The average Bonchev–Trinajstić information content (AvgIpc) is 3.00. The molecule has 0 saturated heterocycles. The molecule has 17 heavy (non-hydrogen) atoms. The molecule has 2 nitrogen and oxygen atoms in total. The summed E-state index contributed by atoms with van der Waals surface area (Å²) in [4.78, 5) is 7.52. The van der Waals surface area contributed by atoms with Gasteiger partial charge in [0.15, 0.2) is 0 Å². The van der Waals surface area contributed by atoms with Gasteiger partial charge in [0.1, 0.15) is 11.6 Å². The standard InChI is InChI=1S/C13H9FN2S/c14-11-3-1-9(2-4-11)13-15-7-12(16-13)10-5-6-17-8-10/h1-8H,(H,15,16). The molecule has 0 aliphatic carbocycles. The van der Waals surface area contributed by atoms with E-state index >= 15 is 0 Å². The van der Waals surface area contributed by atoms with Crippen LogP contribution in [0.15, 0.2) is 47.3 Å². The number of aromatic nitrogens is 2. The SMILES string of the molecule is Fc1ccc(-c2ncc(-c3ccsc3)[nH]2)cc1. The van der Waals surface area contributed by atoms with Gasteiger partial charge >= 0.3 is 0 Å². The molecule has 0 bridgehead atoms. The molecule has 0 fully saturated rings. The van der Waals surface area contributed by atoms with Crippen LogP contribution in [0.5, 0.6) is 0 Å². The van der Waals surface area contributed by atoms with E-state index in [1.54, 1.807) is 29.7 Å². The van der Waals surface area contributed by atoms with Gasteiger partial charge in [0.05, 0.1) is 11.9 Å². The summed E-state index contributed by atoms with van der Waals surface area (Å²) < 4.78 is 12.8. The molecule has 0 radical (unpaired) electrons. The van der Waals surface area contributed by atoms with E-state index in [9.17, 15) is 4.39 Å². The van der Waals surface area contributed by atoms with Crippen molar-refractivity contribution in [1.82, 2.24) is 9.97 Å². The molecule has 0 spiro atoms. The van der Waals surface area contributed by atoms with Gasteiger partial charge in [-0.15, -0.1) is 0 Å². The molecule has 84 valence electrons. The van der Waals surface area contributed by atoms with Gasteiger partial charge < -0.3 is 4.98 Å². The number of nitrogens with one attached hydrogen (secondary N) is 1. The van der Waals surface area contributed by atoms with Crippen LogP contribution in [0.1, 0.15) is 0 Å². The lowest BCUT2D eigenvalue weighted by atomic mass is 10.2. The molecule has 0 aliphatic rings. The van der Waals surface area contributed by atoms with E-state index in [1.165, 1.54) is 12.1 Å². The average molecular weight is 244 g/mol. The van der Waals surface area contributed by atoms with Crippen molar-refractivity contribution in [1.29, 1.82) is 0 Å². The zero-order chi connectivity index (χ0) is 11.7. The quantitative estimate of drug-likeness (QED) is 0.726. The van der Waals surface area contributed by atoms with Crippen LogP contribution in [0.3, 0.4) is 0 Å². The van der Waals surface area contributed by atoms with Crippen LogP contribution in [-0.2, 0) is 0 Å². The van der Waals surface area contributed by atoms with Gasteiger partial charge in [0.25, 0.3) is 0 Å². The van der Waals surface area contributed by atoms with E-state index < -0.39 is 0 Å². The monoisotopic (exact) mass is 244 g/mol. The minimum absolute atomic E-state index is 0.238. The molecule has 2 aromatic heterocycles. The van der Waals surface area contributed by atoms with Crippen molar-refractivity contribution in [2.45, 2.75) is 0 Å². The maximum Gasteiger partial charge on any atom is 0.137 e. The summed E-state index contributed by atoms with van der Waals surface area (Å²) in [6, 6.07) is 8.33. The van der Waals surface area contributed by atoms with Crippen LogP contribution in [-0.4, -0.2) is 9.97 Å². The van der Waals surface area contributed by atoms with Crippen molar-refractivity contribution >= 4 is 11.3 Å². The fraction of sp³-hybridized carbons (Fsp3) is 0. The Morgan fingerprint density at radius 2 is 1.88 bits per heavy atom. The molecule has 1 N–H and O–H groups in total. The highest BCUT2D eigenvalue weighted by atomic mass is 32.1. The Hall–Kier alpha value is -1.94. The lowest BCUT2D eigenvalue weighted by Gasteiger charge is -1.96. The zero-order valence-electron chi connectivity index (χ0n) is 8.85. The second-order valence-corrected chi connectivity index (χ2v) is 4.44. The fourth-order valence-electron chi connectivity index (χ4n) is 1.64. The fourth-order valence-corrected chi connectivity index (χ4v) is 2.30. The summed E-state index contributed by atoms with van der Waals surface area (Å²) in [7, 11) is 0. The molecular weight excluding hydrogens is 235 g/mol. The number of thiophene rings is 1. The predicted octanol–water partition coefficient (Wildman–Crippen LogP) is 3.94. The number of hydrogen-bond acceptors (Lipinski definition) is 2. The topological polar surface area (TPSA) is 28.7 Å². The van der Waals surface area contributed by atoms with Gasteiger partial charge in [-0.1, -0.05) is 0 Å². The number of imidazole rings is 1. The normalized spacial score (nSPS) is 10.6. The van der Waals surface area contributed by atoms with Crippen LogP contribution in [0.25, 0.3) is 22.6 Å². The summed E-state index contributed by atoms with van der Waals surface area (Å²) in [6.07, 6.45) is 1.79. The van der Waals surface area contributed by atoms with E-state index in [0.29, 0.717) is 0 Å². The third-order valence-corrected chi connectivity index (χ3v) is 3.21. The van der Waals surface area contributed by atoms with Crippen LogP contribution < -0.4 is 0 Å². The minimum atomic E-state index is -0.238. The Labute approximate surface area is 102 Å². The number of H-pyrrole nitrogens is 1. The van der Waals surface area contributed by atoms with Gasteiger partial charge in [-0.05, 0) is 35.7 Å². The number of halogens is 1. The lowest BCUT2D eigenvalue weighted by molar-refractivity contribution is 0.628. The van der Waals surface area contributed by atoms with Gasteiger partial charge in [0.2, 0.25) is 0 Å². The smallest absolute Gasteiger partial charge is 0.137 e. The largest absolute Gasteiger partial charge is 0.338 e. The molecule has 4 heteroatoms. The number of aromatic amines is 1. The molecule has 0 amide bonds. The Kier molecular flexibility index (Phi) is 2.49. The van der Waals surface area contributed by atoms with E-state index in [1.807, 2.05) is 11.4 Å². The number of hydrogen-bond donors (Lipinski definition) is 1. The Bertz CT molecular complexity index is 611. The lowest BCUT2D eigenvalue weighted by Crippen LogP contribution is -1.81. The summed E-state index contributed by atoms with van der Waals surface area (Å²) in [5.41, 5.74) is 2.98. The molecule has 0 unspecified atom stereocenters. The van der Waals surface area contributed by atoms with Crippen molar-refractivity contribution in [3.05, 3.63) is 53.1 Å². The maximum absolute atomic E-state index is 12.8. The summed E-state index contributed by atoms with van der Waals surface area (Å²) in [6.45, 7) is 0. The molecule has 3 aromatic rings. The van der Waals surface area contributed by atoms with Gasteiger partial charge in [-0.3, -0.25) is 0 Å². The maximum atomic E-state index is 12.8. The first-order chi connectivity index (χ1) is 8.33. The third-order valence-electron chi connectivity index (χ3n) is 2.53. The van der Waals surface area contributed by atoms with Crippen molar-refractivity contribution < 1.29 is 4.39 Å². The molecule has 0 aliphatic heterocycles. The van der Waals surface area contributed by atoms with E-state index in [0.717, 1.165) is 22.6 Å². The first kappa shape index (κ1) is 10.2. The van der Waals surface area contributed by atoms with E-state index in [4.69, 9.17) is 0 Å². The van der Waals surface area contributed by atoms with Crippen LogP contribution >= 0.6 is 11.3 Å². The molecular formula is C13H9FN2S. The Balaban J connectivity index is 1.98. The van der Waals surface area contributed by atoms with Crippen molar-refractivity contribution in [2.24, 2.45) is 0 Å². The highest BCUT2D eigenvalue weighted by Gasteiger charge is 2.05. The minimum Gasteiger partial charge on any atom is -0.338 e. The molecule has 0 atom stereocenters. The van der Waals surface area contributed by atoms with Crippen LogP contribution in [0.4, 0.5) is 4.39 Å². The molecule has 0 saturated carbocycles. The third kappa shape index (κ3) is 1.99. The Morgan fingerprint density at radius 3 is 2.59 bits per heavy atom. The number of benzene rings is 1. The van der Waals surface area contributed by atoms with Gasteiger partial charge in [0, 0.05) is 16.5 Å². The molecule has 3 rings (SSSR count). The first-order valence-electron chi connectivity index (χ1n) is 5.16. The van der Waals surface area contributed by atoms with E-state index in [2.05, 4.69) is 15.3 Å². The van der Waals surface area contributed by atoms with Crippen LogP contribution in [0.2, 0.25) is 0 Å². The molecule has 1 aromatic carbocycles. The van der Waals surface area contributed by atoms with Gasteiger partial charge in [-0.2, -0.15) is 11.3 Å². The van der Waals surface area contributed by atoms with Crippen molar-refractivity contribution in [3.63, 3.8) is 0 Å². The number of nitrogens with zero attached hydrogens (tertiary/aromatic N) is 1. The Morgan fingerprint density at radius 1 is 1.06 bits per heavy atom. The first-order valence-corrected chi connectivity index (χ1v) is 6.11. The molecule has 2 heterocycles. The number of rotatable bonds is 2. The summed E-state index contributed by atoms with van der Waals surface area (Å²) >= 11 is 1.64. The van der Waals surface area contributed by atoms with Crippen molar-refractivity contribution in [3.8, 4) is 22.6 Å². The van der Waals surface area contributed by atoms with Crippen molar-refractivity contribution in [2.75, 3.05) is 0 Å². The van der Waals surface area contributed by atoms with Gasteiger partial charge in [-0.25, -0.2) is 9.37 Å². The second kappa shape index (κ2) is 4.14. The highest BCUT2D eigenvalue weighted by molar-refractivity contribution is 7.08. The van der Waals surface area contributed by atoms with Crippen LogP contribution in [0, 0.1) is 5.82 Å². The highest BCUT2D eigenvalue weighted by Crippen LogP contribution is 2.23. The second-order valence-electron chi connectivity index (χ2n) is 3.66. The summed E-state index contributed by atoms with van der Waals surface area (Å²) in [5.74, 6) is 0.518. The predicted molar refractivity (Wildman–Crippen MR) is 67.3 cm³/mol.